The fourth-order valence-electron chi connectivity index (χ4n) is 2.28. The Morgan fingerprint density at radius 2 is 1.78 bits per heavy atom. The molecule has 104 valence electrons. The minimum Gasteiger partial charge on any atom is -0.481 e. The fourth-order valence-corrected chi connectivity index (χ4v) is 2.28. The molecule has 3 unspecified atom stereocenters. The molecular weight excluding hydrogens is 240 g/mol. The van der Waals surface area contributed by atoms with E-state index < -0.39 is 23.8 Å². The van der Waals surface area contributed by atoms with Crippen LogP contribution in [0.5, 0.6) is 0 Å². The maximum absolute atomic E-state index is 11.6. The number of aliphatic carboxylic acids is 1. The number of unbranched alkanes of at least 4 members (excludes halogenated alkanes) is 1. The second-order valence-corrected chi connectivity index (χ2v) is 4.97. The molecule has 0 amide bonds. The van der Waals surface area contributed by atoms with Gasteiger partial charge in [0, 0.05) is 19.3 Å². The summed E-state index contributed by atoms with van der Waals surface area (Å²) in [5.74, 6) is -1.11. The van der Waals surface area contributed by atoms with E-state index in [-0.39, 0.29) is 37.9 Å². The topological polar surface area (TPSA) is 115 Å². The van der Waals surface area contributed by atoms with Crippen LogP contribution in [0.15, 0.2) is 0 Å². The number of hydrogen-bond acceptors (Lipinski definition) is 5. The number of aliphatic hydroxyl groups is 3. The maximum Gasteiger partial charge on any atom is 0.303 e. The minimum absolute atomic E-state index is 0.0267. The Bertz CT molecular complexity index is 316. The van der Waals surface area contributed by atoms with Crippen molar-refractivity contribution in [3.63, 3.8) is 0 Å². The molecule has 0 aliphatic heterocycles. The van der Waals surface area contributed by atoms with E-state index in [1.807, 2.05) is 0 Å². The lowest BCUT2D eigenvalue weighted by Gasteiger charge is -2.26. The standard InChI is InChI=1S/C12H20O6/c13-8(3-1-2-4-10(15)16)7-12(18)6-5-9(14)11(12)17/h9,11,14,17-18H,1-7H2,(H,15,16). The van der Waals surface area contributed by atoms with Crippen molar-refractivity contribution < 1.29 is 30.0 Å². The molecular formula is C12H20O6. The lowest BCUT2D eigenvalue weighted by Crippen LogP contribution is -2.43. The Labute approximate surface area is 105 Å². The number of Topliss-reactive ketones (excluding diaryl/α,β-unsaturated/α-hetero) is 1. The van der Waals surface area contributed by atoms with E-state index in [9.17, 15) is 24.9 Å². The van der Waals surface area contributed by atoms with Gasteiger partial charge in [-0.1, -0.05) is 0 Å². The highest BCUT2D eigenvalue weighted by Gasteiger charge is 2.46. The highest BCUT2D eigenvalue weighted by Crippen LogP contribution is 2.33. The lowest BCUT2D eigenvalue weighted by molar-refractivity contribution is -0.137. The highest BCUT2D eigenvalue weighted by atomic mass is 16.4. The first kappa shape index (κ1) is 15.1. The fraction of sp³-hybridized carbons (Fsp3) is 0.833. The van der Waals surface area contributed by atoms with Crippen LogP contribution in [-0.2, 0) is 9.59 Å². The molecule has 0 aromatic rings. The summed E-state index contributed by atoms with van der Waals surface area (Å²) in [4.78, 5) is 21.9. The Morgan fingerprint density at radius 3 is 2.28 bits per heavy atom. The van der Waals surface area contributed by atoms with Gasteiger partial charge in [-0.2, -0.15) is 0 Å². The Balaban J connectivity index is 2.29. The average Bonchev–Trinajstić information content (AvgIpc) is 2.53. The lowest BCUT2D eigenvalue weighted by atomic mass is 9.91. The molecule has 0 saturated heterocycles. The summed E-state index contributed by atoms with van der Waals surface area (Å²) >= 11 is 0. The van der Waals surface area contributed by atoms with Crippen LogP contribution >= 0.6 is 0 Å². The zero-order chi connectivity index (χ0) is 13.8. The van der Waals surface area contributed by atoms with Gasteiger partial charge in [0.15, 0.2) is 0 Å². The largest absolute Gasteiger partial charge is 0.481 e. The van der Waals surface area contributed by atoms with Crippen molar-refractivity contribution in [2.45, 2.75) is 62.8 Å². The van der Waals surface area contributed by atoms with Gasteiger partial charge in [0.2, 0.25) is 0 Å². The van der Waals surface area contributed by atoms with Crippen LogP contribution in [0.1, 0.15) is 44.9 Å². The van der Waals surface area contributed by atoms with Crippen LogP contribution in [0, 0.1) is 0 Å². The van der Waals surface area contributed by atoms with E-state index in [0.717, 1.165) is 0 Å². The van der Waals surface area contributed by atoms with E-state index in [4.69, 9.17) is 5.11 Å². The number of carboxylic acid groups (broad SMARTS) is 1. The molecule has 1 fully saturated rings. The third-order valence-electron chi connectivity index (χ3n) is 3.39. The van der Waals surface area contributed by atoms with Crippen molar-refractivity contribution in [3.8, 4) is 0 Å². The van der Waals surface area contributed by atoms with E-state index >= 15 is 0 Å². The zero-order valence-electron chi connectivity index (χ0n) is 10.2. The summed E-state index contributed by atoms with van der Waals surface area (Å²) in [5.41, 5.74) is -1.52. The second-order valence-electron chi connectivity index (χ2n) is 4.97. The molecule has 1 saturated carbocycles. The van der Waals surface area contributed by atoms with Crippen molar-refractivity contribution >= 4 is 11.8 Å². The number of carbonyl (C=O) groups is 2. The van der Waals surface area contributed by atoms with Crippen molar-refractivity contribution in [1.82, 2.24) is 0 Å². The molecule has 1 rings (SSSR count). The van der Waals surface area contributed by atoms with Gasteiger partial charge in [-0.25, -0.2) is 0 Å². The van der Waals surface area contributed by atoms with E-state index in [0.29, 0.717) is 12.8 Å². The van der Waals surface area contributed by atoms with Gasteiger partial charge in [0.25, 0.3) is 0 Å². The molecule has 18 heavy (non-hydrogen) atoms. The highest BCUT2D eigenvalue weighted by molar-refractivity contribution is 5.79. The van der Waals surface area contributed by atoms with Crippen molar-refractivity contribution in [1.29, 1.82) is 0 Å². The Hall–Kier alpha value is -0.980. The molecule has 0 aromatic carbocycles. The van der Waals surface area contributed by atoms with Crippen molar-refractivity contribution in [3.05, 3.63) is 0 Å². The summed E-state index contributed by atoms with van der Waals surface area (Å²) in [5, 5.41) is 37.4. The molecule has 4 N–H and O–H groups in total. The van der Waals surface area contributed by atoms with Crippen LogP contribution in [0.3, 0.4) is 0 Å². The molecule has 0 spiro atoms. The molecule has 1 aliphatic carbocycles. The minimum atomic E-state index is -1.52. The van der Waals surface area contributed by atoms with Gasteiger partial charge >= 0.3 is 5.97 Å². The van der Waals surface area contributed by atoms with Crippen LogP contribution in [-0.4, -0.2) is 50.0 Å². The second kappa shape index (κ2) is 6.26. The smallest absolute Gasteiger partial charge is 0.303 e. The maximum atomic E-state index is 11.6. The van der Waals surface area contributed by atoms with Crippen LogP contribution in [0.2, 0.25) is 0 Å². The van der Waals surface area contributed by atoms with Gasteiger partial charge in [0.05, 0.1) is 6.10 Å². The van der Waals surface area contributed by atoms with Gasteiger partial charge in [-0.05, 0) is 25.7 Å². The number of rotatable bonds is 7. The van der Waals surface area contributed by atoms with Crippen LogP contribution in [0.25, 0.3) is 0 Å². The van der Waals surface area contributed by atoms with E-state index in [1.54, 1.807) is 0 Å². The van der Waals surface area contributed by atoms with Gasteiger partial charge in [0.1, 0.15) is 17.5 Å². The Kier molecular flexibility index (Phi) is 5.25. The number of ketones is 1. The first-order chi connectivity index (χ1) is 8.35. The number of hydrogen-bond donors (Lipinski definition) is 4. The molecule has 0 bridgehead atoms. The molecule has 6 nitrogen and oxygen atoms in total. The van der Waals surface area contributed by atoms with E-state index in [2.05, 4.69) is 0 Å². The summed E-state index contributed by atoms with van der Waals surface area (Å²) < 4.78 is 0. The number of carboxylic acids is 1. The van der Waals surface area contributed by atoms with Crippen molar-refractivity contribution in [2.24, 2.45) is 0 Å². The van der Waals surface area contributed by atoms with Gasteiger partial charge in [-0.15, -0.1) is 0 Å². The first-order valence-corrected chi connectivity index (χ1v) is 6.17. The van der Waals surface area contributed by atoms with Crippen LogP contribution in [0.4, 0.5) is 0 Å². The quantitative estimate of drug-likeness (QED) is 0.473. The van der Waals surface area contributed by atoms with Gasteiger partial charge in [-0.3, -0.25) is 9.59 Å². The molecule has 6 heteroatoms. The summed E-state index contributed by atoms with van der Waals surface area (Å²) in [6, 6.07) is 0. The third kappa shape index (κ3) is 4.04. The predicted molar refractivity (Wildman–Crippen MR) is 61.9 cm³/mol. The summed E-state index contributed by atoms with van der Waals surface area (Å²) in [7, 11) is 0. The van der Waals surface area contributed by atoms with Crippen molar-refractivity contribution in [2.75, 3.05) is 0 Å². The zero-order valence-corrected chi connectivity index (χ0v) is 10.2. The van der Waals surface area contributed by atoms with E-state index in [1.165, 1.54) is 0 Å². The molecule has 0 radical (unpaired) electrons. The Morgan fingerprint density at radius 1 is 1.17 bits per heavy atom. The normalized spacial score (nSPS) is 31.5. The van der Waals surface area contributed by atoms with Crippen LogP contribution < -0.4 is 0 Å². The molecule has 1 aliphatic rings. The molecule has 3 atom stereocenters. The first-order valence-electron chi connectivity index (χ1n) is 6.17. The molecule has 0 aromatic heterocycles. The SMILES string of the molecule is O=C(O)CCCCC(=O)CC1(O)CCC(O)C1O. The third-order valence-corrected chi connectivity index (χ3v) is 3.39. The molecule has 0 heterocycles. The summed E-state index contributed by atoms with van der Waals surface area (Å²) in [6.07, 6.45) is -0.851. The monoisotopic (exact) mass is 260 g/mol. The number of carbonyl (C=O) groups excluding carboxylic acids is 1. The average molecular weight is 260 g/mol. The van der Waals surface area contributed by atoms with Gasteiger partial charge < -0.3 is 20.4 Å². The summed E-state index contributed by atoms with van der Waals surface area (Å²) in [6.45, 7) is 0. The number of aliphatic hydroxyl groups excluding tert-OH is 2. The predicted octanol–water partition coefficient (Wildman–Crippen LogP) is -0.163.